The maximum atomic E-state index is 13.3. The smallest absolute Gasteiger partial charge is 0.230 e. The molecule has 1 fully saturated rings. The molecule has 1 aliphatic heterocycles. The van der Waals surface area contributed by atoms with Gasteiger partial charge >= 0.3 is 0 Å². The van der Waals surface area contributed by atoms with Crippen LogP contribution in [0.25, 0.3) is 17.1 Å². The van der Waals surface area contributed by atoms with E-state index in [1.54, 1.807) is 12.1 Å². The Balaban J connectivity index is 1.52. The monoisotopic (exact) mass is 412 g/mol. The molecule has 0 spiro atoms. The number of benzene rings is 2. The number of hydrogen-bond donors (Lipinski definition) is 1. The van der Waals surface area contributed by atoms with E-state index in [1.807, 2.05) is 34.9 Å². The average molecular weight is 412 g/mol. The van der Waals surface area contributed by atoms with Crippen LogP contribution < -0.4 is 5.32 Å². The highest BCUT2D eigenvalue weighted by Gasteiger charge is 2.19. The van der Waals surface area contributed by atoms with Crippen LogP contribution >= 0.6 is 11.8 Å². The number of carbonyl (C=O) groups excluding carboxylic acids is 1. The summed E-state index contributed by atoms with van der Waals surface area (Å²) in [6.45, 7) is 1.30. The van der Waals surface area contributed by atoms with Crippen LogP contribution in [0, 0.1) is 5.82 Å². The van der Waals surface area contributed by atoms with E-state index in [4.69, 9.17) is 4.74 Å². The van der Waals surface area contributed by atoms with Gasteiger partial charge in [0.1, 0.15) is 5.82 Å². The Hall–Kier alpha value is -2.71. The molecule has 1 atom stereocenters. The van der Waals surface area contributed by atoms with E-state index in [9.17, 15) is 9.18 Å². The third-order valence-electron chi connectivity index (χ3n) is 4.63. The first kappa shape index (κ1) is 19.6. The average Bonchev–Trinajstić information content (AvgIpc) is 3.42. The van der Waals surface area contributed by atoms with Crippen LogP contribution in [0.3, 0.4) is 0 Å². The maximum Gasteiger partial charge on any atom is 0.230 e. The molecule has 0 bridgehead atoms. The highest BCUT2D eigenvalue weighted by Crippen LogP contribution is 2.28. The van der Waals surface area contributed by atoms with Crippen molar-refractivity contribution < 1.29 is 13.9 Å². The molecule has 8 heteroatoms. The van der Waals surface area contributed by atoms with Crippen molar-refractivity contribution in [1.29, 1.82) is 0 Å². The molecule has 0 aliphatic carbocycles. The molecule has 1 aromatic heterocycles. The summed E-state index contributed by atoms with van der Waals surface area (Å²) in [6, 6.07) is 15.8. The molecule has 1 amide bonds. The van der Waals surface area contributed by atoms with E-state index in [2.05, 4.69) is 15.5 Å². The van der Waals surface area contributed by atoms with Crippen molar-refractivity contribution in [3.8, 4) is 17.1 Å². The highest BCUT2D eigenvalue weighted by molar-refractivity contribution is 7.99. The third-order valence-corrected chi connectivity index (χ3v) is 5.56. The van der Waals surface area contributed by atoms with Crippen molar-refractivity contribution in [3.63, 3.8) is 0 Å². The summed E-state index contributed by atoms with van der Waals surface area (Å²) in [5, 5.41) is 12.1. The molecule has 4 rings (SSSR count). The summed E-state index contributed by atoms with van der Waals surface area (Å²) >= 11 is 1.31. The Morgan fingerprint density at radius 3 is 2.69 bits per heavy atom. The van der Waals surface area contributed by atoms with E-state index >= 15 is 0 Å². The molecule has 3 aromatic rings. The largest absolute Gasteiger partial charge is 0.376 e. The summed E-state index contributed by atoms with van der Waals surface area (Å²) in [6.07, 6.45) is 2.14. The second-order valence-corrected chi connectivity index (χ2v) is 7.65. The van der Waals surface area contributed by atoms with Gasteiger partial charge in [0.15, 0.2) is 11.0 Å². The van der Waals surface area contributed by atoms with Crippen molar-refractivity contribution >= 4 is 17.7 Å². The molecule has 0 radical (unpaired) electrons. The summed E-state index contributed by atoms with van der Waals surface area (Å²) in [4.78, 5) is 12.2. The molecule has 0 saturated carbocycles. The third kappa shape index (κ3) is 4.83. The van der Waals surface area contributed by atoms with Crippen molar-refractivity contribution in [2.45, 2.75) is 24.1 Å². The van der Waals surface area contributed by atoms with Gasteiger partial charge < -0.3 is 10.1 Å². The standard InChI is InChI=1S/C21H21FN4O2S/c22-16-10-8-15(9-11-16)20-24-25-21(26(20)17-5-2-1-3-6-17)29-14-19(27)23-13-18-7-4-12-28-18/h1-3,5-6,8-11,18H,4,7,12-14H2,(H,23,27)/t18-/m0/s1. The molecule has 0 unspecified atom stereocenters. The summed E-state index contributed by atoms with van der Waals surface area (Å²) < 4.78 is 20.7. The van der Waals surface area contributed by atoms with Crippen LogP contribution in [0.2, 0.25) is 0 Å². The minimum Gasteiger partial charge on any atom is -0.376 e. The van der Waals surface area contributed by atoms with E-state index in [0.29, 0.717) is 17.5 Å². The minimum atomic E-state index is -0.308. The van der Waals surface area contributed by atoms with Crippen molar-refractivity contribution in [3.05, 3.63) is 60.4 Å². The number of para-hydroxylation sites is 1. The first-order valence-electron chi connectivity index (χ1n) is 9.48. The summed E-state index contributed by atoms with van der Waals surface area (Å²) in [5.41, 5.74) is 1.62. The molecule has 150 valence electrons. The first-order chi connectivity index (χ1) is 14.2. The molecule has 2 heterocycles. The van der Waals surface area contributed by atoms with Gasteiger partial charge in [-0.05, 0) is 49.2 Å². The van der Waals surface area contributed by atoms with Gasteiger partial charge in [-0.15, -0.1) is 10.2 Å². The molecular formula is C21H21FN4O2S. The van der Waals surface area contributed by atoms with Gasteiger partial charge in [-0.3, -0.25) is 9.36 Å². The second-order valence-electron chi connectivity index (χ2n) is 6.71. The van der Waals surface area contributed by atoms with Crippen LogP contribution in [0.15, 0.2) is 59.8 Å². The molecule has 1 saturated heterocycles. The van der Waals surface area contributed by atoms with Crippen LogP contribution in [-0.4, -0.2) is 45.7 Å². The molecule has 1 N–H and O–H groups in total. The fourth-order valence-electron chi connectivity index (χ4n) is 3.17. The Labute approximate surface area is 172 Å². The van der Waals surface area contributed by atoms with E-state index in [-0.39, 0.29) is 23.6 Å². The Bertz CT molecular complexity index is 957. The molecule has 29 heavy (non-hydrogen) atoms. The zero-order valence-electron chi connectivity index (χ0n) is 15.8. The number of rotatable bonds is 7. The predicted molar refractivity (Wildman–Crippen MR) is 109 cm³/mol. The summed E-state index contributed by atoms with van der Waals surface area (Å²) in [5.74, 6) is 0.438. The van der Waals surface area contributed by atoms with Crippen molar-refractivity contribution in [2.24, 2.45) is 0 Å². The number of halogens is 1. The molecule has 2 aromatic carbocycles. The first-order valence-corrected chi connectivity index (χ1v) is 10.5. The molecule has 1 aliphatic rings. The van der Waals surface area contributed by atoms with Gasteiger partial charge in [0, 0.05) is 24.4 Å². The lowest BCUT2D eigenvalue weighted by molar-refractivity contribution is -0.119. The van der Waals surface area contributed by atoms with Gasteiger partial charge in [-0.1, -0.05) is 30.0 Å². The number of thioether (sulfide) groups is 1. The summed E-state index contributed by atoms with van der Waals surface area (Å²) in [7, 11) is 0. The Kier molecular flexibility index (Phi) is 6.21. The lowest BCUT2D eigenvalue weighted by Gasteiger charge is -2.12. The number of amides is 1. The second kappa shape index (κ2) is 9.19. The van der Waals surface area contributed by atoms with E-state index in [0.717, 1.165) is 30.7 Å². The highest BCUT2D eigenvalue weighted by atomic mass is 32.2. The number of carbonyl (C=O) groups is 1. The van der Waals surface area contributed by atoms with Crippen LogP contribution in [0.4, 0.5) is 4.39 Å². The Morgan fingerprint density at radius 1 is 1.17 bits per heavy atom. The van der Waals surface area contributed by atoms with Crippen molar-refractivity contribution in [2.75, 3.05) is 18.9 Å². The normalized spacial score (nSPS) is 16.1. The van der Waals surface area contributed by atoms with Gasteiger partial charge in [-0.25, -0.2) is 4.39 Å². The van der Waals surface area contributed by atoms with Gasteiger partial charge in [0.05, 0.1) is 11.9 Å². The lowest BCUT2D eigenvalue weighted by atomic mass is 10.2. The zero-order chi connectivity index (χ0) is 20.1. The zero-order valence-corrected chi connectivity index (χ0v) is 16.6. The fourth-order valence-corrected chi connectivity index (χ4v) is 3.96. The van der Waals surface area contributed by atoms with Gasteiger partial charge in [-0.2, -0.15) is 0 Å². The topological polar surface area (TPSA) is 69.0 Å². The number of ether oxygens (including phenoxy) is 1. The minimum absolute atomic E-state index is 0.0727. The van der Waals surface area contributed by atoms with E-state index < -0.39 is 0 Å². The maximum absolute atomic E-state index is 13.3. The van der Waals surface area contributed by atoms with Crippen LogP contribution in [0.5, 0.6) is 0 Å². The lowest BCUT2D eigenvalue weighted by Crippen LogP contribution is -2.32. The van der Waals surface area contributed by atoms with Crippen molar-refractivity contribution in [1.82, 2.24) is 20.1 Å². The van der Waals surface area contributed by atoms with Crippen LogP contribution in [-0.2, 0) is 9.53 Å². The van der Waals surface area contributed by atoms with Gasteiger partial charge in [0.25, 0.3) is 0 Å². The number of aromatic nitrogens is 3. The van der Waals surface area contributed by atoms with Gasteiger partial charge in [0.2, 0.25) is 5.91 Å². The molecular weight excluding hydrogens is 391 g/mol. The van der Waals surface area contributed by atoms with Crippen LogP contribution in [0.1, 0.15) is 12.8 Å². The predicted octanol–water partition coefficient (Wildman–Crippen LogP) is 3.46. The van der Waals surface area contributed by atoms with E-state index in [1.165, 1.54) is 23.9 Å². The Morgan fingerprint density at radius 2 is 1.97 bits per heavy atom. The fraction of sp³-hybridized carbons (Fsp3) is 0.286. The number of nitrogens with zero attached hydrogens (tertiary/aromatic N) is 3. The number of nitrogens with one attached hydrogen (secondary N) is 1. The SMILES string of the molecule is O=C(CSc1nnc(-c2ccc(F)cc2)n1-c1ccccc1)NC[C@@H]1CCCO1. The molecule has 6 nitrogen and oxygen atoms in total. The number of hydrogen-bond acceptors (Lipinski definition) is 5. The quantitative estimate of drug-likeness (QED) is 0.602.